The van der Waals surface area contributed by atoms with Crippen LogP contribution in [0.4, 0.5) is 0 Å². The van der Waals surface area contributed by atoms with Gasteiger partial charge in [-0.1, -0.05) is 42.3 Å². The van der Waals surface area contributed by atoms with E-state index in [4.69, 9.17) is 34.0 Å². The summed E-state index contributed by atoms with van der Waals surface area (Å²) in [6.07, 6.45) is 3.71. The van der Waals surface area contributed by atoms with Crippen LogP contribution in [0.1, 0.15) is 23.7 Å². The van der Waals surface area contributed by atoms with Crippen molar-refractivity contribution in [1.29, 1.82) is 0 Å². The third-order valence-electron chi connectivity index (χ3n) is 3.48. The van der Waals surface area contributed by atoms with E-state index in [-0.39, 0.29) is 5.56 Å². The normalized spacial score (nSPS) is 10.1. The summed E-state index contributed by atoms with van der Waals surface area (Å²) in [5.74, 6) is -0.846. The molecule has 0 radical (unpaired) electrons. The summed E-state index contributed by atoms with van der Waals surface area (Å²) in [4.78, 5) is 28.0. The number of rotatable bonds is 4. The van der Waals surface area contributed by atoms with Crippen molar-refractivity contribution >= 4 is 29.1 Å². The monoisotopic (exact) mass is 420 g/mol. The first-order valence-corrected chi connectivity index (χ1v) is 9.04. The first-order valence-electron chi connectivity index (χ1n) is 8.29. The van der Waals surface area contributed by atoms with Crippen LogP contribution in [-0.4, -0.2) is 32.4 Å². The molecule has 0 spiro atoms. The first kappa shape index (κ1) is 21.6. The molecule has 146 valence electrons. The molecule has 0 aliphatic carbocycles. The largest absolute Gasteiger partial charge is 0.396 e. The van der Waals surface area contributed by atoms with Gasteiger partial charge in [0.15, 0.2) is 0 Å². The van der Waals surface area contributed by atoms with E-state index in [1.807, 2.05) is 6.92 Å². The number of aliphatic hydroxyl groups excluding tert-OH is 1. The maximum absolute atomic E-state index is 12.5. The summed E-state index contributed by atoms with van der Waals surface area (Å²) in [7, 11) is 0. The molecule has 0 atom stereocenters. The molecule has 0 saturated heterocycles. The van der Waals surface area contributed by atoms with Gasteiger partial charge in [-0.2, -0.15) is 9.78 Å². The highest BCUT2D eigenvalue weighted by Crippen LogP contribution is 2.20. The van der Waals surface area contributed by atoms with Crippen LogP contribution in [0, 0.1) is 0 Å². The Kier molecular flexibility index (Phi) is 7.69. The zero-order valence-electron chi connectivity index (χ0n) is 15.0. The van der Waals surface area contributed by atoms with E-state index in [0.717, 1.165) is 11.1 Å². The number of pyridine rings is 1. The van der Waals surface area contributed by atoms with E-state index in [1.54, 1.807) is 24.3 Å². The molecule has 2 heterocycles. The smallest absolute Gasteiger partial charge is 0.284 e. The molecular weight excluding hydrogens is 403 g/mol. The van der Waals surface area contributed by atoms with Crippen LogP contribution in [0.15, 0.2) is 53.6 Å². The van der Waals surface area contributed by atoms with Crippen molar-refractivity contribution < 1.29 is 9.90 Å². The van der Waals surface area contributed by atoms with E-state index >= 15 is 0 Å². The fourth-order valence-corrected chi connectivity index (χ4v) is 2.42. The Balaban J connectivity index is 0.000000640. The number of carbonyl (C=O) groups excluding carboxylic acids is 1. The Labute approximate surface area is 171 Å². The molecule has 9 heteroatoms. The number of aliphatic hydroxyl groups is 1. The molecule has 0 aliphatic heterocycles. The van der Waals surface area contributed by atoms with Crippen molar-refractivity contribution in [2.45, 2.75) is 13.3 Å². The molecular formula is C19H18Cl2N4O3. The molecule has 28 heavy (non-hydrogen) atoms. The first-order chi connectivity index (χ1) is 13.4. The predicted molar refractivity (Wildman–Crippen MR) is 109 cm³/mol. The highest BCUT2D eigenvalue weighted by Gasteiger charge is 2.15. The molecule has 3 aromatic rings. The van der Waals surface area contributed by atoms with E-state index in [9.17, 15) is 9.59 Å². The number of hydrogen-bond acceptors (Lipinski definition) is 5. The number of aromatic nitrogens is 3. The number of nitrogens with zero attached hydrogens (tertiary/aromatic N) is 3. The van der Waals surface area contributed by atoms with E-state index in [1.165, 1.54) is 24.5 Å². The van der Waals surface area contributed by atoms with E-state index in [2.05, 4.69) is 10.1 Å². The number of nitrogens with two attached hydrogens (primary N) is 1. The SMILES string of the molecule is CCCO.NC(=O)c1cc(-c2ccc(Cl)cc2)nn(-c2cncc(Cl)c2)c1=O. The van der Waals surface area contributed by atoms with Crippen molar-refractivity contribution in [3.63, 3.8) is 0 Å². The molecule has 1 aromatic carbocycles. The average molecular weight is 421 g/mol. The highest BCUT2D eigenvalue weighted by atomic mass is 35.5. The summed E-state index contributed by atoms with van der Waals surface area (Å²) in [6, 6.07) is 9.67. The number of hydrogen-bond donors (Lipinski definition) is 2. The Bertz CT molecular complexity index is 1020. The maximum Gasteiger partial charge on any atom is 0.284 e. The molecule has 1 amide bonds. The van der Waals surface area contributed by atoms with Gasteiger partial charge in [0.05, 0.1) is 22.6 Å². The average Bonchev–Trinajstić information content (AvgIpc) is 2.69. The van der Waals surface area contributed by atoms with Gasteiger partial charge in [0.25, 0.3) is 11.5 Å². The van der Waals surface area contributed by atoms with Gasteiger partial charge >= 0.3 is 0 Å². The summed E-state index contributed by atoms with van der Waals surface area (Å²) >= 11 is 11.8. The molecule has 0 unspecified atom stereocenters. The zero-order valence-corrected chi connectivity index (χ0v) is 16.5. The molecule has 7 nitrogen and oxygen atoms in total. The van der Waals surface area contributed by atoms with Gasteiger partial charge in [0.1, 0.15) is 5.56 Å². The minimum Gasteiger partial charge on any atom is -0.396 e. The lowest BCUT2D eigenvalue weighted by Crippen LogP contribution is -2.30. The number of primary amides is 1. The van der Waals surface area contributed by atoms with Crippen LogP contribution in [-0.2, 0) is 0 Å². The van der Waals surface area contributed by atoms with E-state index in [0.29, 0.717) is 33.6 Å². The van der Waals surface area contributed by atoms with E-state index < -0.39 is 11.5 Å². The summed E-state index contributed by atoms with van der Waals surface area (Å²) in [5, 5.41) is 13.0. The van der Waals surface area contributed by atoms with Gasteiger partial charge in [-0.05, 0) is 30.7 Å². The minimum atomic E-state index is -0.846. The van der Waals surface area contributed by atoms with Crippen LogP contribution >= 0.6 is 23.2 Å². The number of amides is 1. The lowest BCUT2D eigenvalue weighted by molar-refractivity contribution is 0.0998. The van der Waals surface area contributed by atoms with Gasteiger partial charge in [0.2, 0.25) is 0 Å². The van der Waals surface area contributed by atoms with Gasteiger partial charge in [-0.15, -0.1) is 0 Å². The molecule has 3 N–H and O–H groups in total. The highest BCUT2D eigenvalue weighted by molar-refractivity contribution is 6.30. The zero-order chi connectivity index (χ0) is 20.7. The second-order valence-corrected chi connectivity index (χ2v) is 6.49. The Morgan fingerprint density at radius 3 is 2.32 bits per heavy atom. The number of carbonyl (C=O) groups is 1. The fourth-order valence-electron chi connectivity index (χ4n) is 2.12. The van der Waals surface area contributed by atoms with Crippen LogP contribution in [0.5, 0.6) is 0 Å². The van der Waals surface area contributed by atoms with Gasteiger partial charge in [-0.3, -0.25) is 14.6 Å². The summed E-state index contributed by atoms with van der Waals surface area (Å²) in [5.41, 5.74) is 5.87. The quantitative estimate of drug-likeness (QED) is 0.673. The lowest BCUT2D eigenvalue weighted by Gasteiger charge is -2.09. The molecule has 0 aliphatic rings. The van der Waals surface area contributed by atoms with Crippen LogP contribution in [0.25, 0.3) is 16.9 Å². The molecule has 0 fully saturated rings. The van der Waals surface area contributed by atoms with Gasteiger partial charge < -0.3 is 10.8 Å². The summed E-state index contributed by atoms with van der Waals surface area (Å²) in [6.45, 7) is 2.25. The second kappa shape index (κ2) is 9.98. The summed E-state index contributed by atoms with van der Waals surface area (Å²) < 4.78 is 1.04. The van der Waals surface area contributed by atoms with Crippen LogP contribution in [0.2, 0.25) is 10.0 Å². The van der Waals surface area contributed by atoms with Crippen molar-refractivity contribution in [2.75, 3.05) is 6.61 Å². The second-order valence-electron chi connectivity index (χ2n) is 5.62. The molecule has 0 bridgehead atoms. The third kappa shape index (κ3) is 5.39. The number of benzene rings is 1. The Hall–Kier alpha value is -2.74. The Morgan fingerprint density at radius 1 is 1.14 bits per heavy atom. The minimum absolute atomic E-state index is 0.185. The van der Waals surface area contributed by atoms with Gasteiger partial charge in [0, 0.05) is 23.4 Å². The standard InChI is InChI=1S/C16H10Cl2N4O2.C3H8O/c17-10-3-1-9(2-4-10)14-6-13(15(19)23)16(24)22(21-14)12-5-11(18)7-20-8-12;1-2-3-4/h1-8H,(H2,19,23);4H,2-3H2,1H3. The fraction of sp³-hybridized carbons (Fsp3) is 0.158. The van der Waals surface area contributed by atoms with Crippen molar-refractivity contribution in [3.05, 3.63) is 74.8 Å². The lowest BCUT2D eigenvalue weighted by atomic mass is 10.1. The van der Waals surface area contributed by atoms with Crippen molar-refractivity contribution in [3.8, 4) is 16.9 Å². The maximum atomic E-state index is 12.5. The van der Waals surface area contributed by atoms with Crippen LogP contribution in [0.3, 0.4) is 0 Å². The predicted octanol–water partition coefficient (Wildman–Crippen LogP) is 3.09. The molecule has 0 saturated carbocycles. The third-order valence-corrected chi connectivity index (χ3v) is 3.93. The Morgan fingerprint density at radius 2 is 1.79 bits per heavy atom. The molecule has 3 rings (SSSR count). The number of halogens is 2. The topological polar surface area (TPSA) is 111 Å². The van der Waals surface area contributed by atoms with Crippen molar-refractivity contribution in [2.24, 2.45) is 5.73 Å². The van der Waals surface area contributed by atoms with Crippen LogP contribution < -0.4 is 11.3 Å². The van der Waals surface area contributed by atoms with Crippen molar-refractivity contribution in [1.82, 2.24) is 14.8 Å². The molecule has 2 aromatic heterocycles. The van der Waals surface area contributed by atoms with Gasteiger partial charge in [-0.25, -0.2) is 0 Å².